The molecule has 0 amide bonds. The van der Waals surface area contributed by atoms with Crippen LogP contribution in [0.3, 0.4) is 0 Å². The number of carbonyl (C=O) groups excluding carboxylic acids is 2. The van der Waals surface area contributed by atoms with Gasteiger partial charge in [0.05, 0.1) is 6.42 Å². The van der Waals surface area contributed by atoms with Crippen molar-refractivity contribution in [2.24, 2.45) is 0 Å². The van der Waals surface area contributed by atoms with Crippen LogP contribution in [0.5, 0.6) is 0 Å². The first-order valence-electron chi connectivity index (χ1n) is 5.89. The Morgan fingerprint density at radius 1 is 0.895 bits per heavy atom. The number of Topliss-reactive ketones (excluding diaryl/α,β-unsaturated/α-hetero) is 2. The molecule has 0 spiro atoms. The van der Waals surface area contributed by atoms with E-state index in [0.717, 1.165) is 0 Å². The van der Waals surface area contributed by atoms with Crippen molar-refractivity contribution < 1.29 is 9.59 Å². The van der Waals surface area contributed by atoms with Gasteiger partial charge in [0.1, 0.15) is 0 Å². The largest absolute Gasteiger partial charge is 0.294 e. The van der Waals surface area contributed by atoms with Gasteiger partial charge in [0.25, 0.3) is 0 Å². The van der Waals surface area contributed by atoms with E-state index >= 15 is 0 Å². The highest BCUT2D eigenvalue weighted by Crippen LogP contribution is 2.12. The van der Waals surface area contributed by atoms with Gasteiger partial charge in [0.15, 0.2) is 11.6 Å². The maximum Gasteiger partial charge on any atom is 0.171 e. The Morgan fingerprint density at radius 3 is 2.21 bits per heavy atom. The molecule has 0 heterocycles. The standard InChI is InChI=1S/C17H12O2/c1-2-13-8-6-7-11-15(13)17(19)12-16(18)14-9-4-3-5-10-14/h1,3-11H,12H2. The Kier molecular flexibility index (Phi) is 3.90. The third kappa shape index (κ3) is 2.97. The maximum atomic E-state index is 12.1. The fraction of sp³-hybridized carbons (Fsp3) is 0.0588. The third-order valence-electron chi connectivity index (χ3n) is 2.80. The quantitative estimate of drug-likeness (QED) is 0.473. The molecule has 2 heteroatoms. The van der Waals surface area contributed by atoms with Gasteiger partial charge in [-0.05, 0) is 6.07 Å². The molecule has 2 aromatic carbocycles. The van der Waals surface area contributed by atoms with Crippen LogP contribution in [0.4, 0.5) is 0 Å². The first kappa shape index (κ1) is 12.8. The number of rotatable bonds is 4. The van der Waals surface area contributed by atoms with Crippen LogP contribution in [-0.4, -0.2) is 11.6 Å². The van der Waals surface area contributed by atoms with Crippen molar-refractivity contribution in [2.75, 3.05) is 0 Å². The van der Waals surface area contributed by atoms with Crippen molar-refractivity contribution in [2.45, 2.75) is 6.42 Å². The van der Waals surface area contributed by atoms with E-state index in [1.165, 1.54) is 0 Å². The summed E-state index contributed by atoms with van der Waals surface area (Å²) in [4.78, 5) is 24.0. The second kappa shape index (κ2) is 5.79. The predicted octanol–water partition coefficient (Wildman–Crippen LogP) is 3.12. The number of hydrogen-bond donors (Lipinski definition) is 0. The number of ketones is 2. The van der Waals surface area contributed by atoms with Crippen molar-refractivity contribution in [3.05, 3.63) is 71.3 Å². The molecule has 0 saturated heterocycles. The van der Waals surface area contributed by atoms with Crippen LogP contribution in [-0.2, 0) is 0 Å². The molecule has 0 radical (unpaired) electrons. The van der Waals surface area contributed by atoms with Crippen LogP contribution in [0.2, 0.25) is 0 Å². The highest BCUT2D eigenvalue weighted by Gasteiger charge is 2.15. The minimum absolute atomic E-state index is 0.164. The summed E-state index contributed by atoms with van der Waals surface area (Å²) in [5, 5.41) is 0. The van der Waals surface area contributed by atoms with Gasteiger partial charge in [-0.25, -0.2) is 0 Å². The van der Waals surface area contributed by atoms with Gasteiger partial charge in [0, 0.05) is 16.7 Å². The van der Waals surface area contributed by atoms with Crippen LogP contribution >= 0.6 is 0 Å². The molecule has 0 aliphatic rings. The summed E-state index contributed by atoms with van der Waals surface area (Å²) in [6.07, 6.45) is 5.18. The summed E-state index contributed by atoms with van der Waals surface area (Å²) in [5.74, 6) is 2.01. The molecule has 0 fully saturated rings. The Hall–Kier alpha value is -2.66. The van der Waals surface area contributed by atoms with E-state index in [0.29, 0.717) is 16.7 Å². The van der Waals surface area contributed by atoms with Crippen LogP contribution in [0.1, 0.15) is 32.7 Å². The molecule has 2 nitrogen and oxygen atoms in total. The van der Waals surface area contributed by atoms with E-state index in [1.54, 1.807) is 48.5 Å². The van der Waals surface area contributed by atoms with E-state index in [9.17, 15) is 9.59 Å². The lowest BCUT2D eigenvalue weighted by Crippen LogP contribution is -2.09. The van der Waals surface area contributed by atoms with Crippen LogP contribution in [0, 0.1) is 12.3 Å². The molecular formula is C17H12O2. The third-order valence-corrected chi connectivity index (χ3v) is 2.80. The Bertz CT molecular complexity index is 648. The van der Waals surface area contributed by atoms with Crippen LogP contribution < -0.4 is 0 Å². The van der Waals surface area contributed by atoms with Crippen molar-refractivity contribution >= 4 is 11.6 Å². The highest BCUT2D eigenvalue weighted by molar-refractivity contribution is 6.14. The molecule has 0 aliphatic heterocycles. The highest BCUT2D eigenvalue weighted by atomic mass is 16.1. The van der Waals surface area contributed by atoms with Gasteiger partial charge in [0.2, 0.25) is 0 Å². The average Bonchev–Trinajstić information content (AvgIpc) is 2.48. The van der Waals surface area contributed by atoms with E-state index in [2.05, 4.69) is 5.92 Å². The van der Waals surface area contributed by atoms with Crippen molar-refractivity contribution in [1.29, 1.82) is 0 Å². The molecule has 0 aromatic heterocycles. The topological polar surface area (TPSA) is 34.1 Å². The lowest BCUT2D eigenvalue weighted by atomic mass is 9.98. The summed E-state index contributed by atoms with van der Waals surface area (Å²) >= 11 is 0. The number of benzene rings is 2. The van der Waals surface area contributed by atoms with Crippen molar-refractivity contribution in [1.82, 2.24) is 0 Å². The minimum atomic E-state index is -0.248. The van der Waals surface area contributed by atoms with E-state index < -0.39 is 0 Å². The summed E-state index contributed by atoms with van der Waals surface area (Å²) in [6.45, 7) is 0. The summed E-state index contributed by atoms with van der Waals surface area (Å²) in [5.41, 5.74) is 1.48. The Labute approximate surface area is 112 Å². The Morgan fingerprint density at radius 2 is 1.53 bits per heavy atom. The summed E-state index contributed by atoms with van der Waals surface area (Å²) in [6, 6.07) is 15.6. The second-order valence-corrected chi connectivity index (χ2v) is 4.08. The van der Waals surface area contributed by atoms with Gasteiger partial charge in [-0.3, -0.25) is 9.59 Å². The SMILES string of the molecule is C#Cc1ccccc1C(=O)CC(=O)c1ccccc1. The van der Waals surface area contributed by atoms with Crippen LogP contribution in [0.15, 0.2) is 54.6 Å². The summed E-state index contributed by atoms with van der Waals surface area (Å²) in [7, 11) is 0. The molecule has 0 atom stereocenters. The Balaban J connectivity index is 2.19. The average molecular weight is 248 g/mol. The van der Waals surface area contributed by atoms with E-state index in [1.807, 2.05) is 6.07 Å². The number of terminal acetylenes is 1. The zero-order valence-corrected chi connectivity index (χ0v) is 10.3. The van der Waals surface area contributed by atoms with E-state index in [-0.39, 0.29) is 18.0 Å². The number of carbonyl (C=O) groups is 2. The molecular weight excluding hydrogens is 236 g/mol. The fourth-order valence-electron chi connectivity index (χ4n) is 1.82. The van der Waals surface area contributed by atoms with Gasteiger partial charge in [-0.2, -0.15) is 0 Å². The molecule has 0 N–H and O–H groups in total. The first-order valence-corrected chi connectivity index (χ1v) is 5.89. The van der Waals surface area contributed by atoms with Crippen molar-refractivity contribution in [3.8, 4) is 12.3 Å². The predicted molar refractivity (Wildman–Crippen MR) is 74.1 cm³/mol. The van der Waals surface area contributed by atoms with Crippen LogP contribution in [0.25, 0.3) is 0 Å². The van der Waals surface area contributed by atoms with Gasteiger partial charge >= 0.3 is 0 Å². The summed E-state index contributed by atoms with van der Waals surface area (Å²) < 4.78 is 0. The smallest absolute Gasteiger partial charge is 0.171 e. The molecule has 0 aliphatic carbocycles. The monoisotopic (exact) mass is 248 g/mol. The fourth-order valence-corrected chi connectivity index (χ4v) is 1.82. The van der Waals surface area contributed by atoms with Gasteiger partial charge in [-0.15, -0.1) is 6.42 Å². The van der Waals surface area contributed by atoms with Gasteiger partial charge < -0.3 is 0 Å². The second-order valence-electron chi connectivity index (χ2n) is 4.08. The lowest BCUT2D eigenvalue weighted by Gasteiger charge is -2.03. The van der Waals surface area contributed by atoms with E-state index in [4.69, 9.17) is 6.42 Å². The van der Waals surface area contributed by atoms with Gasteiger partial charge in [-0.1, -0.05) is 54.5 Å². The lowest BCUT2D eigenvalue weighted by molar-refractivity contribution is 0.0894. The molecule has 2 rings (SSSR count). The van der Waals surface area contributed by atoms with Crippen molar-refractivity contribution in [3.63, 3.8) is 0 Å². The molecule has 92 valence electrons. The molecule has 19 heavy (non-hydrogen) atoms. The normalized spacial score (nSPS) is 9.63. The maximum absolute atomic E-state index is 12.1. The number of hydrogen-bond acceptors (Lipinski definition) is 2. The molecule has 0 unspecified atom stereocenters. The minimum Gasteiger partial charge on any atom is -0.294 e. The zero-order chi connectivity index (χ0) is 13.7. The molecule has 0 bridgehead atoms. The first-order chi connectivity index (χ1) is 9.22. The molecule has 2 aromatic rings. The zero-order valence-electron chi connectivity index (χ0n) is 10.3. The molecule has 0 saturated carbocycles.